The maximum atomic E-state index is 6.00. The van der Waals surface area contributed by atoms with Crippen LogP contribution in [-0.4, -0.2) is 18.2 Å². The molecule has 0 saturated carbocycles. The normalized spacial score (nSPS) is 13.4. The molecule has 1 aromatic carbocycles. The van der Waals surface area contributed by atoms with Crippen LogP contribution in [0.25, 0.3) is 0 Å². The average Bonchev–Trinajstić information content (AvgIpc) is 2.34. The third-order valence-electron chi connectivity index (χ3n) is 2.95. The number of rotatable bonds is 6. The summed E-state index contributed by atoms with van der Waals surface area (Å²) in [5.41, 5.74) is 1.49. The molecular formula is C16H27NO. The smallest absolute Gasteiger partial charge is 0.119 e. The van der Waals surface area contributed by atoms with Gasteiger partial charge < -0.3 is 10.1 Å². The number of benzene rings is 1. The summed E-state index contributed by atoms with van der Waals surface area (Å²) in [5.74, 6) is 0.967. The second-order valence-corrected chi connectivity index (χ2v) is 5.78. The van der Waals surface area contributed by atoms with Crippen LogP contribution in [0.3, 0.4) is 0 Å². The molecule has 0 aliphatic heterocycles. The highest BCUT2D eigenvalue weighted by Crippen LogP contribution is 2.15. The molecule has 1 unspecified atom stereocenters. The monoisotopic (exact) mass is 249 g/mol. The third kappa shape index (κ3) is 5.54. The summed E-state index contributed by atoms with van der Waals surface area (Å²) in [4.78, 5) is 0. The van der Waals surface area contributed by atoms with Gasteiger partial charge in [0.2, 0.25) is 0 Å². The maximum Gasteiger partial charge on any atom is 0.119 e. The second kappa shape index (κ2) is 6.79. The molecule has 0 spiro atoms. The third-order valence-corrected chi connectivity index (χ3v) is 2.95. The van der Waals surface area contributed by atoms with Crippen molar-refractivity contribution < 1.29 is 4.74 Å². The molecule has 0 heterocycles. The fourth-order valence-electron chi connectivity index (χ4n) is 1.69. The van der Waals surface area contributed by atoms with E-state index in [1.165, 1.54) is 5.56 Å². The molecule has 0 saturated heterocycles. The highest BCUT2D eigenvalue weighted by atomic mass is 16.5. The van der Waals surface area contributed by atoms with Gasteiger partial charge in [0.1, 0.15) is 11.9 Å². The standard InChI is InChI=1S/C16H27NO/c1-6-13-8-10-15(11-9-13)18-14(7-2)12-17-16(3,4)5/h8-11,14,17H,6-7,12H2,1-5H3. The van der Waals surface area contributed by atoms with E-state index in [4.69, 9.17) is 4.74 Å². The highest BCUT2D eigenvalue weighted by molar-refractivity contribution is 5.27. The summed E-state index contributed by atoms with van der Waals surface area (Å²) >= 11 is 0. The highest BCUT2D eigenvalue weighted by Gasteiger charge is 2.14. The molecule has 18 heavy (non-hydrogen) atoms. The largest absolute Gasteiger partial charge is 0.489 e. The zero-order chi connectivity index (χ0) is 13.6. The lowest BCUT2D eigenvalue weighted by atomic mass is 10.1. The van der Waals surface area contributed by atoms with Gasteiger partial charge in [-0.15, -0.1) is 0 Å². The van der Waals surface area contributed by atoms with Gasteiger partial charge >= 0.3 is 0 Å². The molecule has 102 valence electrons. The van der Waals surface area contributed by atoms with Gasteiger partial charge in [-0.1, -0.05) is 26.0 Å². The molecule has 0 amide bonds. The topological polar surface area (TPSA) is 21.3 Å². The zero-order valence-corrected chi connectivity index (χ0v) is 12.4. The van der Waals surface area contributed by atoms with Crippen LogP contribution in [0.1, 0.15) is 46.6 Å². The number of aryl methyl sites for hydroxylation is 1. The lowest BCUT2D eigenvalue weighted by Crippen LogP contribution is -2.42. The molecule has 0 bridgehead atoms. The Hall–Kier alpha value is -1.02. The minimum atomic E-state index is 0.142. The van der Waals surface area contributed by atoms with Crippen LogP contribution in [0, 0.1) is 0 Å². The van der Waals surface area contributed by atoms with Crippen molar-refractivity contribution in [2.24, 2.45) is 0 Å². The van der Waals surface area contributed by atoms with Crippen molar-refractivity contribution in [1.29, 1.82) is 0 Å². The molecule has 0 aromatic heterocycles. The molecule has 0 radical (unpaired) electrons. The molecule has 2 heteroatoms. The zero-order valence-electron chi connectivity index (χ0n) is 12.4. The van der Waals surface area contributed by atoms with Gasteiger partial charge in [0.25, 0.3) is 0 Å². The first-order chi connectivity index (χ1) is 8.44. The van der Waals surface area contributed by atoms with Gasteiger partial charge in [0.15, 0.2) is 0 Å². The van der Waals surface area contributed by atoms with E-state index in [1.54, 1.807) is 0 Å². The van der Waals surface area contributed by atoms with Gasteiger partial charge in [-0.05, 0) is 51.3 Å². The molecule has 0 aliphatic rings. The molecule has 1 rings (SSSR count). The maximum absolute atomic E-state index is 6.00. The predicted molar refractivity (Wildman–Crippen MR) is 78.3 cm³/mol. The van der Waals surface area contributed by atoms with E-state index >= 15 is 0 Å². The van der Waals surface area contributed by atoms with Crippen LogP contribution >= 0.6 is 0 Å². The van der Waals surface area contributed by atoms with E-state index in [9.17, 15) is 0 Å². The van der Waals surface area contributed by atoms with Crippen LogP contribution in [0.4, 0.5) is 0 Å². The first-order valence-corrected chi connectivity index (χ1v) is 6.95. The van der Waals surface area contributed by atoms with Crippen molar-refractivity contribution >= 4 is 0 Å². The fraction of sp³-hybridized carbons (Fsp3) is 0.625. The van der Waals surface area contributed by atoms with Crippen molar-refractivity contribution in [2.45, 2.75) is 59.1 Å². The quantitative estimate of drug-likeness (QED) is 0.828. The van der Waals surface area contributed by atoms with Gasteiger partial charge in [0, 0.05) is 12.1 Å². The molecule has 1 aromatic rings. The number of hydrogen-bond donors (Lipinski definition) is 1. The Kier molecular flexibility index (Phi) is 5.67. The van der Waals surface area contributed by atoms with Crippen molar-refractivity contribution in [2.75, 3.05) is 6.54 Å². The molecule has 1 N–H and O–H groups in total. The van der Waals surface area contributed by atoms with Crippen LogP contribution in [0.15, 0.2) is 24.3 Å². The van der Waals surface area contributed by atoms with E-state index in [1.807, 2.05) is 0 Å². The average molecular weight is 249 g/mol. The minimum Gasteiger partial charge on any atom is -0.489 e. The van der Waals surface area contributed by atoms with Crippen molar-refractivity contribution in [3.05, 3.63) is 29.8 Å². The number of nitrogens with one attached hydrogen (secondary N) is 1. The Morgan fingerprint density at radius 1 is 1.11 bits per heavy atom. The van der Waals surface area contributed by atoms with Gasteiger partial charge in [0.05, 0.1) is 0 Å². The van der Waals surface area contributed by atoms with Crippen molar-refractivity contribution in [3.8, 4) is 5.75 Å². The summed E-state index contributed by atoms with van der Waals surface area (Å²) < 4.78 is 6.00. The van der Waals surface area contributed by atoms with Gasteiger partial charge in [-0.2, -0.15) is 0 Å². The first-order valence-electron chi connectivity index (χ1n) is 6.95. The minimum absolute atomic E-state index is 0.142. The number of ether oxygens (including phenoxy) is 1. The Bertz CT molecular complexity index is 337. The predicted octanol–water partition coefficient (Wildman–Crippen LogP) is 3.79. The molecule has 1 atom stereocenters. The second-order valence-electron chi connectivity index (χ2n) is 5.78. The molecule has 2 nitrogen and oxygen atoms in total. The molecular weight excluding hydrogens is 222 g/mol. The van der Waals surface area contributed by atoms with E-state index in [0.717, 1.165) is 25.1 Å². The summed E-state index contributed by atoms with van der Waals surface area (Å²) in [6.07, 6.45) is 2.32. The Balaban J connectivity index is 2.51. The molecule has 0 fully saturated rings. The van der Waals surface area contributed by atoms with Crippen molar-refractivity contribution in [3.63, 3.8) is 0 Å². The summed E-state index contributed by atoms with van der Waals surface area (Å²) in [6.45, 7) is 11.7. The summed E-state index contributed by atoms with van der Waals surface area (Å²) in [5, 5.41) is 3.49. The van der Waals surface area contributed by atoms with Crippen LogP contribution in [-0.2, 0) is 6.42 Å². The van der Waals surface area contributed by atoms with Crippen LogP contribution in [0.5, 0.6) is 5.75 Å². The van der Waals surface area contributed by atoms with Crippen molar-refractivity contribution in [1.82, 2.24) is 5.32 Å². The lowest BCUT2D eigenvalue weighted by Gasteiger charge is -2.25. The number of hydrogen-bond acceptors (Lipinski definition) is 2. The van der Waals surface area contributed by atoms with Gasteiger partial charge in [-0.25, -0.2) is 0 Å². The van der Waals surface area contributed by atoms with Crippen LogP contribution < -0.4 is 10.1 Å². The van der Waals surface area contributed by atoms with E-state index in [0.29, 0.717) is 0 Å². The summed E-state index contributed by atoms with van der Waals surface area (Å²) in [7, 11) is 0. The van der Waals surface area contributed by atoms with Crippen LogP contribution in [0.2, 0.25) is 0 Å². The summed E-state index contributed by atoms with van der Waals surface area (Å²) in [6, 6.07) is 8.41. The van der Waals surface area contributed by atoms with E-state index in [2.05, 4.69) is 64.2 Å². The first kappa shape index (κ1) is 15.0. The fourth-order valence-corrected chi connectivity index (χ4v) is 1.69. The molecule has 0 aliphatic carbocycles. The Morgan fingerprint density at radius 3 is 2.17 bits per heavy atom. The SMILES string of the molecule is CCc1ccc(OC(CC)CNC(C)(C)C)cc1. The van der Waals surface area contributed by atoms with Gasteiger partial charge in [-0.3, -0.25) is 0 Å². The van der Waals surface area contributed by atoms with E-state index < -0.39 is 0 Å². The lowest BCUT2D eigenvalue weighted by molar-refractivity contribution is 0.181. The Labute approximate surface area is 112 Å². The van der Waals surface area contributed by atoms with E-state index in [-0.39, 0.29) is 11.6 Å². The Morgan fingerprint density at radius 2 is 1.72 bits per heavy atom.